The smallest absolute Gasteiger partial charge is 0.128 e. The van der Waals surface area contributed by atoms with E-state index in [4.69, 9.17) is 28.2 Å². The molecular formula is C16H20Cl2N2. The van der Waals surface area contributed by atoms with E-state index in [1.165, 1.54) is 19.3 Å². The minimum absolute atomic E-state index is 0.109. The molecule has 0 aliphatic heterocycles. The van der Waals surface area contributed by atoms with Crippen molar-refractivity contribution in [3.63, 3.8) is 0 Å². The summed E-state index contributed by atoms with van der Waals surface area (Å²) in [4.78, 5) is 4.70. The van der Waals surface area contributed by atoms with Gasteiger partial charge in [0, 0.05) is 6.04 Å². The maximum atomic E-state index is 6.36. The third kappa shape index (κ3) is 2.33. The highest BCUT2D eigenvalue weighted by Crippen LogP contribution is 2.46. The highest BCUT2D eigenvalue weighted by molar-refractivity contribution is 6.35. The summed E-state index contributed by atoms with van der Waals surface area (Å²) < 4.78 is 2.33. The Hall–Kier alpha value is -0.730. The first-order valence-corrected chi connectivity index (χ1v) is 8.01. The molecule has 1 aliphatic carbocycles. The summed E-state index contributed by atoms with van der Waals surface area (Å²) >= 11 is 12.6. The second-order valence-corrected chi connectivity index (χ2v) is 7.69. The zero-order valence-electron chi connectivity index (χ0n) is 12.2. The largest absolute Gasteiger partial charge is 0.324 e. The molecule has 1 aromatic heterocycles. The molecular weight excluding hydrogens is 291 g/mol. The molecule has 2 unspecified atom stereocenters. The maximum Gasteiger partial charge on any atom is 0.128 e. The van der Waals surface area contributed by atoms with Crippen LogP contribution >= 0.6 is 23.2 Å². The number of halogens is 2. The Kier molecular flexibility index (Phi) is 3.50. The molecule has 2 aromatic rings. The average molecular weight is 311 g/mol. The van der Waals surface area contributed by atoms with Gasteiger partial charge in [0.15, 0.2) is 0 Å². The van der Waals surface area contributed by atoms with Crippen molar-refractivity contribution in [2.75, 3.05) is 0 Å². The minimum Gasteiger partial charge on any atom is -0.324 e. The van der Waals surface area contributed by atoms with E-state index in [1.54, 1.807) is 0 Å². The predicted octanol–water partition coefficient (Wildman–Crippen LogP) is 5.74. The monoisotopic (exact) mass is 310 g/mol. The summed E-state index contributed by atoms with van der Waals surface area (Å²) in [6.45, 7) is 6.65. The topological polar surface area (TPSA) is 17.8 Å². The second-order valence-electron chi connectivity index (χ2n) is 6.62. The molecule has 0 spiro atoms. The first kappa shape index (κ1) is 14.2. The van der Waals surface area contributed by atoms with Crippen LogP contribution in [0.25, 0.3) is 11.0 Å². The number of nitrogens with zero attached hydrogens (tertiary/aromatic N) is 2. The third-order valence-corrected chi connectivity index (χ3v) is 4.86. The number of para-hydroxylation sites is 1. The lowest BCUT2D eigenvalue weighted by Crippen LogP contribution is -2.12. The standard InChI is InChI=1S/C16H20Cl2N2/c1-10(17)15-19-14-12(18)5-4-6-13(14)20(15)11-7-8-16(2,3)9-11/h4-6,10-11H,7-9H2,1-3H3. The number of hydrogen-bond donors (Lipinski definition) is 0. The third-order valence-electron chi connectivity index (χ3n) is 4.36. The molecule has 20 heavy (non-hydrogen) atoms. The van der Waals surface area contributed by atoms with Gasteiger partial charge in [-0.05, 0) is 43.7 Å². The summed E-state index contributed by atoms with van der Waals surface area (Å²) in [5.41, 5.74) is 2.39. The highest BCUT2D eigenvalue weighted by atomic mass is 35.5. The fourth-order valence-corrected chi connectivity index (χ4v) is 3.75. The molecule has 1 heterocycles. The fourth-order valence-electron chi connectivity index (χ4n) is 3.38. The molecule has 1 saturated carbocycles. The van der Waals surface area contributed by atoms with Crippen molar-refractivity contribution in [3.05, 3.63) is 29.0 Å². The number of rotatable bonds is 2. The first-order chi connectivity index (χ1) is 9.39. The van der Waals surface area contributed by atoms with Crippen molar-refractivity contribution in [2.24, 2.45) is 5.41 Å². The van der Waals surface area contributed by atoms with Crippen LogP contribution in [0, 0.1) is 5.41 Å². The lowest BCUT2D eigenvalue weighted by Gasteiger charge is -2.21. The van der Waals surface area contributed by atoms with E-state index in [0.717, 1.165) is 16.9 Å². The van der Waals surface area contributed by atoms with E-state index in [1.807, 2.05) is 19.1 Å². The van der Waals surface area contributed by atoms with Gasteiger partial charge in [-0.25, -0.2) is 4.98 Å². The fraction of sp³-hybridized carbons (Fsp3) is 0.562. The molecule has 1 aromatic carbocycles. The van der Waals surface area contributed by atoms with Crippen LogP contribution in [-0.2, 0) is 0 Å². The molecule has 0 amide bonds. The van der Waals surface area contributed by atoms with Gasteiger partial charge in [-0.3, -0.25) is 0 Å². The van der Waals surface area contributed by atoms with E-state index in [9.17, 15) is 0 Å². The predicted molar refractivity (Wildman–Crippen MR) is 85.7 cm³/mol. The number of benzene rings is 1. The molecule has 3 rings (SSSR count). The van der Waals surface area contributed by atoms with Crippen LogP contribution in [0.1, 0.15) is 57.3 Å². The Morgan fingerprint density at radius 2 is 2.15 bits per heavy atom. The SMILES string of the molecule is CC(Cl)c1nc2c(Cl)cccc2n1C1CCC(C)(C)C1. The van der Waals surface area contributed by atoms with E-state index < -0.39 is 0 Å². The summed E-state index contributed by atoms with van der Waals surface area (Å²) in [6.07, 6.45) is 3.59. The molecule has 108 valence electrons. The average Bonchev–Trinajstić information content (AvgIpc) is 2.90. The summed E-state index contributed by atoms with van der Waals surface area (Å²) in [5.74, 6) is 0.942. The number of alkyl halides is 1. The molecule has 2 nitrogen and oxygen atoms in total. The van der Waals surface area contributed by atoms with Crippen molar-refractivity contribution >= 4 is 34.2 Å². The van der Waals surface area contributed by atoms with Crippen LogP contribution in [0.2, 0.25) is 5.02 Å². The van der Waals surface area contributed by atoms with E-state index in [2.05, 4.69) is 24.5 Å². The summed E-state index contributed by atoms with van der Waals surface area (Å²) in [7, 11) is 0. The molecule has 0 N–H and O–H groups in total. The molecule has 0 bridgehead atoms. The van der Waals surface area contributed by atoms with Gasteiger partial charge in [-0.15, -0.1) is 11.6 Å². The minimum atomic E-state index is -0.109. The Morgan fingerprint density at radius 3 is 2.75 bits per heavy atom. The maximum absolute atomic E-state index is 6.36. The molecule has 1 aliphatic rings. The lowest BCUT2D eigenvalue weighted by atomic mass is 9.92. The Bertz CT molecular complexity index is 643. The molecule has 0 radical (unpaired) electrons. The number of fused-ring (bicyclic) bond motifs is 1. The van der Waals surface area contributed by atoms with Crippen molar-refractivity contribution in [1.29, 1.82) is 0 Å². The Morgan fingerprint density at radius 1 is 1.40 bits per heavy atom. The summed E-state index contributed by atoms with van der Waals surface area (Å²) in [6, 6.07) is 6.46. The zero-order valence-corrected chi connectivity index (χ0v) is 13.7. The van der Waals surface area contributed by atoms with E-state index in [0.29, 0.717) is 16.5 Å². The zero-order chi connectivity index (χ0) is 14.5. The molecule has 4 heteroatoms. The van der Waals surface area contributed by atoms with Gasteiger partial charge in [0.05, 0.1) is 15.9 Å². The number of aromatic nitrogens is 2. The van der Waals surface area contributed by atoms with E-state index in [-0.39, 0.29) is 5.38 Å². The van der Waals surface area contributed by atoms with E-state index >= 15 is 0 Å². The van der Waals surface area contributed by atoms with Gasteiger partial charge >= 0.3 is 0 Å². The highest BCUT2D eigenvalue weighted by Gasteiger charge is 2.34. The quantitative estimate of drug-likeness (QED) is 0.647. The van der Waals surface area contributed by atoms with Crippen molar-refractivity contribution in [3.8, 4) is 0 Å². The van der Waals surface area contributed by atoms with Gasteiger partial charge in [0.1, 0.15) is 11.3 Å². The second kappa shape index (κ2) is 4.92. The van der Waals surface area contributed by atoms with Crippen LogP contribution in [0.5, 0.6) is 0 Å². The first-order valence-electron chi connectivity index (χ1n) is 7.19. The van der Waals surface area contributed by atoms with Crippen LogP contribution in [0.3, 0.4) is 0 Å². The van der Waals surface area contributed by atoms with Crippen LogP contribution in [0.4, 0.5) is 0 Å². The normalized spacial score (nSPS) is 23.4. The van der Waals surface area contributed by atoms with Crippen molar-refractivity contribution in [2.45, 2.75) is 51.5 Å². The van der Waals surface area contributed by atoms with Gasteiger partial charge in [-0.2, -0.15) is 0 Å². The lowest BCUT2D eigenvalue weighted by molar-refractivity contribution is 0.358. The van der Waals surface area contributed by atoms with Gasteiger partial charge < -0.3 is 4.57 Å². The molecule has 0 saturated heterocycles. The Balaban J connectivity index is 2.18. The van der Waals surface area contributed by atoms with Crippen molar-refractivity contribution < 1.29 is 0 Å². The molecule has 2 atom stereocenters. The van der Waals surface area contributed by atoms with Crippen LogP contribution in [-0.4, -0.2) is 9.55 Å². The number of imidazole rings is 1. The Labute approximate surface area is 130 Å². The number of hydrogen-bond acceptors (Lipinski definition) is 1. The van der Waals surface area contributed by atoms with Gasteiger partial charge in [0.2, 0.25) is 0 Å². The molecule has 1 fully saturated rings. The van der Waals surface area contributed by atoms with Crippen LogP contribution < -0.4 is 0 Å². The van der Waals surface area contributed by atoms with Gasteiger partial charge in [-0.1, -0.05) is 31.5 Å². The van der Waals surface area contributed by atoms with Gasteiger partial charge in [0.25, 0.3) is 0 Å². The van der Waals surface area contributed by atoms with Crippen LogP contribution in [0.15, 0.2) is 18.2 Å². The summed E-state index contributed by atoms with van der Waals surface area (Å²) in [5, 5.41) is 0.597. The van der Waals surface area contributed by atoms with Crippen molar-refractivity contribution in [1.82, 2.24) is 9.55 Å².